The van der Waals surface area contributed by atoms with Gasteiger partial charge in [0.15, 0.2) is 11.6 Å². The van der Waals surface area contributed by atoms with Crippen LogP contribution in [-0.2, 0) is 11.2 Å². The van der Waals surface area contributed by atoms with Gasteiger partial charge in [-0.2, -0.15) is 0 Å². The fourth-order valence-electron chi connectivity index (χ4n) is 4.49. The molecule has 0 fully saturated rings. The van der Waals surface area contributed by atoms with Crippen LogP contribution in [0.2, 0.25) is 5.02 Å². The molecule has 1 aromatic carbocycles. The highest BCUT2D eigenvalue weighted by Crippen LogP contribution is 2.41. The van der Waals surface area contributed by atoms with E-state index in [0.717, 1.165) is 38.6 Å². The van der Waals surface area contributed by atoms with Crippen molar-refractivity contribution in [1.29, 1.82) is 0 Å². The zero-order chi connectivity index (χ0) is 26.3. The monoisotopic (exact) mass is 535 g/mol. The predicted octanol–water partition coefficient (Wildman–Crippen LogP) is 6.11. The molecule has 5 rings (SSSR count). The molecule has 1 aliphatic heterocycles. The Morgan fingerprint density at radius 2 is 2.05 bits per heavy atom. The van der Waals surface area contributed by atoms with Crippen molar-refractivity contribution in [3.8, 4) is 22.0 Å². The van der Waals surface area contributed by atoms with E-state index in [-0.39, 0.29) is 17.8 Å². The van der Waals surface area contributed by atoms with Crippen molar-refractivity contribution >= 4 is 40.7 Å². The van der Waals surface area contributed by atoms with Crippen LogP contribution in [0.5, 0.6) is 5.75 Å². The first-order valence-corrected chi connectivity index (χ1v) is 13.1. The number of thiophene rings is 1. The number of nitrogens with one attached hydrogen (secondary N) is 1. The Morgan fingerprint density at radius 1 is 1.24 bits per heavy atom. The third-order valence-electron chi connectivity index (χ3n) is 6.36. The summed E-state index contributed by atoms with van der Waals surface area (Å²) in [5.41, 5.74) is 4.90. The smallest absolute Gasteiger partial charge is 0.244 e. The molecule has 1 aliphatic rings. The SMILES string of the molecule is CC(=O)c1ccc(-c2cc(Cl)c3c(c2)CC(CNC(=O)/C=C/c2c(C)cn(-c4cc(C)on4)c2C)O3)s1. The number of carbonyl (C=O) groups excluding carboxylic acids is 2. The molecule has 1 N–H and O–H groups in total. The molecule has 7 nitrogen and oxygen atoms in total. The van der Waals surface area contributed by atoms with Crippen molar-refractivity contribution in [2.24, 2.45) is 0 Å². The van der Waals surface area contributed by atoms with Crippen LogP contribution in [0.1, 0.15) is 44.7 Å². The number of aromatic nitrogens is 2. The van der Waals surface area contributed by atoms with E-state index in [1.807, 2.05) is 67.9 Å². The molecule has 4 heterocycles. The molecule has 1 unspecified atom stereocenters. The summed E-state index contributed by atoms with van der Waals surface area (Å²) in [5.74, 6) is 1.94. The molecule has 4 aromatic rings. The number of rotatable bonds is 7. The Labute approximate surface area is 223 Å². The first-order valence-electron chi connectivity index (χ1n) is 11.9. The summed E-state index contributed by atoms with van der Waals surface area (Å²) in [7, 11) is 0. The molecule has 9 heteroatoms. The van der Waals surface area contributed by atoms with Crippen LogP contribution in [0.3, 0.4) is 0 Å². The van der Waals surface area contributed by atoms with Gasteiger partial charge in [-0.3, -0.25) is 9.59 Å². The van der Waals surface area contributed by atoms with Gasteiger partial charge in [-0.15, -0.1) is 11.3 Å². The van der Waals surface area contributed by atoms with Crippen LogP contribution in [0.25, 0.3) is 22.3 Å². The number of aryl methyl sites for hydroxylation is 2. The van der Waals surface area contributed by atoms with Crippen LogP contribution in [-0.4, -0.2) is 34.1 Å². The topological polar surface area (TPSA) is 86.4 Å². The number of hydrogen-bond acceptors (Lipinski definition) is 6. The normalized spacial score (nSPS) is 14.7. The third-order valence-corrected chi connectivity index (χ3v) is 7.87. The second kappa shape index (κ2) is 10.0. The maximum Gasteiger partial charge on any atom is 0.244 e. The van der Waals surface area contributed by atoms with Gasteiger partial charge in [-0.05, 0) is 74.7 Å². The van der Waals surface area contributed by atoms with Crippen molar-refractivity contribution in [1.82, 2.24) is 15.0 Å². The van der Waals surface area contributed by atoms with Gasteiger partial charge in [-0.1, -0.05) is 16.8 Å². The minimum Gasteiger partial charge on any atom is -0.486 e. The lowest BCUT2D eigenvalue weighted by atomic mass is 10.1. The molecule has 190 valence electrons. The fraction of sp³-hybridized carbons (Fsp3) is 0.250. The average Bonchev–Trinajstić information content (AvgIpc) is 3.63. The van der Waals surface area contributed by atoms with Crippen molar-refractivity contribution in [2.45, 2.75) is 40.2 Å². The highest BCUT2D eigenvalue weighted by Gasteiger charge is 2.26. The molecule has 0 saturated heterocycles. The molecule has 0 spiro atoms. The Morgan fingerprint density at radius 3 is 2.76 bits per heavy atom. The van der Waals surface area contributed by atoms with Gasteiger partial charge < -0.3 is 19.1 Å². The number of hydrogen-bond donors (Lipinski definition) is 1. The highest BCUT2D eigenvalue weighted by atomic mass is 35.5. The Bertz CT molecular complexity index is 1540. The third kappa shape index (κ3) is 5.12. The summed E-state index contributed by atoms with van der Waals surface area (Å²) < 4.78 is 13.2. The lowest BCUT2D eigenvalue weighted by Crippen LogP contribution is -2.33. The zero-order valence-electron chi connectivity index (χ0n) is 20.9. The number of fused-ring (bicyclic) bond motifs is 1. The molecule has 0 aliphatic carbocycles. The van der Waals surface area contributed by atoms with E-state index < -0.39 is 0 Å². The molecular formula is C28H26ClN3O4S. The van der Waals surface area contributed by atoms with E-state index in [0.29, 0.717) is 34.4 Å². The van der Waals surface area contributed by atoms with Crippen molar-refractivity contribution in [2.75, 3.05) is 6.54 Å². The Hall–Kier alpha value is -3.62. The average molecular weight is 536 g/mol. The van der Waals surface area contributed by atoms with Crippen LogP contribution in [0, 0.1) is 20.8 Å². The van der Waals surface area contributed by atoms with Crippen LogP contribution in [0.15, 0.2) is 47.1 Å². The molecule has 0 saturated carbocycles. The molecular weight excluding hydrogens is 510 g/mol. The van der Waals surface area contributed by atoms with Gasteiger partial charge in [0, 0.05) is 40.9 Å². The summed E-state index contributed by atoms with van der Waals surface area (Å²) in [5, 5.41) is 7.53. The number of halogens is 1. The lowest BCUT2D eigenvalue weighted by Gasteiger charge is -2.11. The van der Waals surface area contributed by atoms with Gasteiger partial charge >= 0.3 is 0 Å². The minimum atomic E-state index is -0.212. The van der Waals surface area contributed by atoms with E-state index in [9.17, 15) is 9.59 Å². The number of amides is 1. The molecule has 1 atom stereocenters. The first-order chi connectivity index (χ1) is 17.7. The second-order valence-electron chi connectivity index (χ2n) is 9.17. The first kappa shape index (κ1) is 25.0. The quantitative estimate of drug-likeness (QED) is 0.228. The number of benzene rings is 1. The maximum atomic E-state index is 12.6. The van der Waals surface area contributed by atoms with Gasteiger partial charge in [0.2, 0.25) is 5.91 Å². The summed E-state index contributed by atoms with van der Waals surface area (Å²) in [6.07, 6.45) is 5.74. The van der Waals surface area contributed by atoms with E-state index in [1.54, 1.807) is 6.92 Å². The highest BCUT2D eigenvalue weighted by molar-refractivity contribution is 7.17. The summed E-state index contributed by atoms with van der Waals surface area (Å²) in [4.78, 5) is 25.9. The van der Waals surface area contributed by atoms with E-state index in [2.05, 4.69) is 10.5 Å². The molecule has 3 aromatic heterocycles. The molecule has 0 radical (unpaired) electrons. The minimum absolute atomic E-state index is 0.0460. The number of ether oxygens (including phenoxy) is 1. The Kier molecular flexibility index (Phi) is 6.79. The van der Waals surface area contributed by atoms with E-state index in [1.165, 1.54) is 17.4 Å². The largest absolute Gasteiger partial charge is 0.486 e. The number of nitrogens with zero attached hydrogens (tertiary/aromatic N) is 2. The van der Waals surface area contributed by atoms with E-state index in [4.69, 9.17) is 20.9 Å². The van der Waals surface area contributed by atoms with Crippen molar-refractivity contribution < 1.29 is 18.8 Å². The van der Waals surface area contributed by atoms with E-state index >= 15 is 0 Å². The summed E-state index contributed by atoms with van der Waals surface area (Å²) in [6, 6.07) is 9.54. The van der Waals surface area contributed by atoms with Crippen LogP contribution < -0.4 is 10.1 Å². The molecule has 0 bridgehead atoms. The standard InChI is InChI=1S/C28H26ClN3O4S/c1-15-14-32(26-9-16(2)36-31-26)17(3)22(15)5-8-27(34)30-13-21-11-20-10-19(12-23(29)28(20)35-21)25-7-6-24(37-25)18(4)33/h5-10,12,14,21H,11,13H2,1-4H3,(H,30,34)/b8-5+. The second-order valence-corrected chi connectivity index (χ2v) is 10.7. The predicted molar refractivity (Wildman–Crippen MR) is 145 cm³/mol. The van der Waals surface area contributed by atoms with Gasteiger partial charge in [0.1, 0.15) is 17.6 Å². The van der Waals surface area contributed by atoms with Gasteiger partial charge in [0.05, 0.1) is 16.4 Å². The lowest BCUT2D eigenvalue weighted by molar-refractivity contribution is -0.116. The number of ketones is 1. The zero-order valence-corrected chi connectivity index (χ0v) is 22.5. The summed E-state index contributed by atoms with van der Waals surface area (Å²) >= 11 is 7.97. The Balaban J connectivity index is 1.22. The number of carbonyl (C=O) groups is 2. The van der Waals surface area contributed by atoms with Crippen molar-refractivity contribution in [3.05, 3.63) is 80.6 Å². The van der Waals surface area contributed by atoms with Crippen LogP contribution >= 0.6 is 22.9 Å². The molecule has 1 amide bonds. The van der Waals surface area contributed by atoms with Gasteiger partial charge in [0.25, 0.3) is 0 Å². The maximum absolute atomic E-state index is 12.6. The fourth-order valence-corrected chi connectivity index (χ4v) is 5.66. The number of Topliss-reactive ketones (excluding diaryl/α,β-unsaturated/α-hetero) is 1. The summed E-state index contributed by atoms with van der Waals surface area (Å²) in [6.45, 7) is 7.74. The van der Waals surface area contributed by atoms with Crippen molar-refractivity contribution in [3.63, 3.8) is 0 Å². The molecule has 37 heavy (non-hydrogen) atoms. The van der Waals surface area contributed by atoms with Gasteiger partial charge in [-0.25, -0.2) is 0 Å². The van der Waals surface area contributed by atoms with Crippen LogP contribution in [0.4, 0.5) is 0 Å².